The first kappa shape index (κ1) is 10.0. The van der Waals surface area contributed by atoms with Crippen molar-refractivity contribution >= 4 is 11.9 Å². The van der Waals surface area contributed by atoms with Crippen molar-refractivity contribution in [2.75, 3.05) is 6.54 Å². The summed E-state index contributed by atoms with van der Waals surface area (Å²) in [4.78, 5) is 21.7. The Morgan fingerprint density at radius 3 is 2.54 bits per heavy atom. The van der Waals surface area contributed by atoms with Gasteiger partial charge in [0, 0.05) is 12.5 Å². The molecule has 0 radical (unpaired) electrons. The third-order valence-corrected chi connectivity index (χ3v) is 2.31. The highest BCUT2D eigenvalue weighted by molar-refractivity contribution is 5.81. The highest BCUT2D eigenvalue weighted by atomic mass is 16.4. The number of amides is 1. The highest BCUT2D eigenvalue weighted by Crippen LogP contribution is 2.28. The number of carboxylic acids is 1. The van der Waals surface area contributed by atoms with Gasteiger partial charge < -0.3 is 10.4 Å². The second-order valence-corrected chi connectivity index (χ2v) is 3.46. The molecule has 0 aliphatic heterocycles. The number of carbonyl (C=O) groups excluding carboxylic acids is 1. The quantitative estimate of drug-likeness (QED) is 0.660. The molecule has 4 heteroatoms. The van der Waals surface area contributed by atoms with Crippen LogP contribution in [0.1, 0.15) is 26.2 Å². The van der Waals surface area contributed by atoms with E-state index >= 15 is 0 Å². The molecule has 0 heterocycles. The second-order valence-electron chi connectivity index (χ2n) is 3.46. The fourth-order valence-corrected chi connectivity index (χ4v) is 1.12. The Labute approximate surface area is 77.3 Å². The molecule has 1 atom stereocenters. The predicted octanol–water partition coefficient (Wildman–Crippen LogP) is 0.623. The first-order chi connectivity index (χ1) is 6.15. The summed E-state index contributed by atoms with van der Waals surface area (Å²) in [5, 5.41) is 11.3. The van der Waals surface area contributed by atoms with E-state index in [1.165, 1.54) is 0 Å². The fourth-order valence-electron chi connectivity index (χ4n) is 1.12. The van der Waals surface area contributed by atoms with Crippen molar-refractivity contribution in [1.82, 2.24) is 5.32 Å². The van der Waals surface area contributed by atoms with Crippen LogP contribution in [0, 0.1) is 11.8 Å². The summed E-state index contributed by atoms with van der Waals surface area (Å²) < 4.78 is 0. The van der Waals surface area contributed by atoms with Gasteiger partial charge in [-0.25, -0.2) is 0 Å². The Bertz CT molecular complexity index is 211. The topological polar surface area (TPSA) is 66.4 Å². The van der Waals surface area contributed by atoms with Crippen LogP contribution in [-0.4, -0.2) is 23.5 Å². The van der Waals surface area contributed by atoms with Crippen molar-refractivity contribution < 1.29 is 14.7 Å². The minimum atomic E-state index is -0.835. The van der Waals surface area contributed by atoms with Crippen LogP contribution in [-0.2, 0) is 9.59 Å². The average Bonchev–Trinajstić information content (AvgIpc) is 2.86. The molecule has 0 aromatic rings. The Kier molecular flexibility index (Phi) is 3.28. The van der Waals surface area contributed by atoms with Gasteiger partial charge in [-0.2, -0.15) is 0 Å². The van der Waals surface area contributed by atoms with E-state index in [1.807, 2.05) is 6.92 Å². The fraction of sp³-hybridized carbons (Fsp3) is 0.778. The van der Waals surface area contributed by atoms with E-state index in [1.54, 1.807) is 0 Å². The molecule has 74 valence electrons. The molecule has 1 amide bonds. The van der Waals surface area contributed by atoms with E-state index in [-0.39, 0.29) is 18.4 Å². The van der Waals surface area contributed by atoms with Crippen molar-refractivity contribution in [1.29, 1.82) is 0 Å². The zero-order chi connectivity index (χ0) is 9.84. The Balaban J connectivity index is 2.22. The molecule has 1 aliphatic rings. The standard InChI is InChI=1S/C9H15NO3/c1-2-6(9(12)13)5-10-8(11)7-3-4-7/h6-7H,2-5H2,1H3,(H,10,11)(H,12,13). The summed E-state index contributed by atoms with van der Waals surface area (Å²) >= 11 is 0. The van der Waals surface area contributed by atoms with Gasteiger partial charge in [-0.3, -0.25) is 9.59 Å². The van der Waals surface area contributed by atoms with Crippen LogP contribution in [0.15, 0.2) is 0 Å². The predicted molar refractivity (Wildman–Crippen MR) is 47.2 cm³/mol. The van der Waals surface area contributed by atoms with Crippen molar-refractivity contribution in [3.8, 4) is 0 Å². The summed E-state index contributed by atoms with van der Waals surface area (Å²) in [5.74, 6) is -1.10. The zero-order valence-electron chi connectivity index (χ0n) is 7.75. The maximum absolute atomic E-state index is 11.1. The molecular weight excluding hydrogens is 170 g/mol. The minimum absolute atomic E-state index is 0.0136. The summed E-state index contributed by atoms with van der Waals surface area (Å²) in [5.41, 5.74) is 0. The monoisotopic (exact) mass is 185 g/mol. The summed E-state index contributed by atoms with van der Waals surface area (Å²) in [6, 6.07) is 0. The number of carbonyl (C=O) groups is 2. The Hall–Kier alpha value is -1.06. The molecule has 0 saturated heterocycles. The molecule has 0 aromatic carbocycles. The molecule has 2 N–H and O–H groups in total. The molecule has 1 unspecified atom stereocenters. The van der Waals surface area contributed by atoms with Crippen molar-refractivity contribution in [2.45, 2.75) is 26.2 Å². The normalized spacial score (nSPS) is 17.9. The molecule has 1 fully saturated rings. The van der Waals surface area contributed by atoms with E-state index in [0.717, 1.165) is 12.8 Å². The van der Waals surface area contributed by atoms with Crippen LogP contribution in [0.4, 0.5) is 0 Å². The van der Waals surface area contributed by atoms with E-state index in [2.05, 4.69) is 5.32 Å². The third-order valence-electron chi connectivity index (χ3n) is 2.31. The molecule has 0 aromatic heterocycles. The van der Waals surface area contributed by atoms with E-state index in [9.17, 15) is 9.59 Å². The highest BCUT2D eigenvalue weighted by Gasteiger charge is 2.30. The Morgan fingerprint density at radius 1 is 1.54 bits per heavy atom. The largest absolute Gasteiger partial charge is 0.481 e. The zero-order valence-corrected chi connectivity index (χ0v) is 7.75. The summed E-state index contributed by atoms with van der Waals surface area (Å²) in [7, 11) is 0. The number of nitrogens with one attached hydrogen (secondary N) is 1. The van der Waals surface area contributed by atoms with Gasteiger partial charge in [-0.15, -0.1) is 0 Å². The van der Waals surface area contributed by atoms with Gasteiger partial charge >= 0.3 is 5.97 Å². The van der Waals surface area contributed by atoms with Crippen molar-refractivity contribution in [3.63, 3.8) is 0 Å². The van der Waals surface area contributed by atoms with Gasteiger partial charge in [0.25, 0.3) is 0 Å². The molecule has 13 heavy (non-hydrogen) atoms. The average molecular weight is 185 g/mol. The second kappa shape index (κ2) is 4.25. The first-order valence-corrected chi connectivity index (χ1v) is 4.65. The van der Waals surface area contributed by atoms with Gasteiger partial charge in [0.15, 0.2) is 0 Å². The number of rotatable bonds is 5. The lowest BCUT2D eigenvalue weighted by molar-refractivity contribution is -0.141. The molecule has 0 spiro atoms. The molecule has 0 bridgehead atoms. The molecule has 1 aliphatic carbocycles. The van der Waals surface area contributed by atoms with Gasteiger partial charge in [-0.1, -0.05) is 6.92 Å². The molecule has 1 saturated carbocycles. The Morgan fingerprint density at radius 2 is 2.15 bits per heavy atom. The molecule has 4 nitrogen and oxygen atoms in total. The maximum atomic E-state index is 11.1. The van der Waals surface area contributed by atoms with Crippen LogP contribution < -0.4 is 5.32 Å². The van der Waals surface area contributed by atoms with Crippen LogP contribution in [0.2, 0.25) is 0 Å². The lowest BCUT2D eigenvalue weighted by Crippen LogP contribution is -2.33. The molecular formula is C9H15NO3. The SMILES string of the molecule is CCC(CNC(=O)C1CC1)C(=O)O. The first-order valence-electron chi connectivity index (χ1n) is 4.65. The number of carboxylic acid groups (broad SMARTS) is 1. The van der Waals surface area contributed by atoms with Crippen LogP contribution >= 0.6 is 0 Å². The van der Waals surface area contributed by atoms with E-state index < -0.39 is 11.9 Å². The maximum Gasteiger partial charge on any atom is 0.308 e. The van der Waals surface area contributed by atoms with Crippen molar-refractivity contribution in [2.24, 2.45) is 11.8 Å². The third kappa shape index (κ3) is 3.05. The van der Waals surface area contributed by atoms with E-state index in [0.29, 0.717) is 6.42 Å². The number of hydrogen-bond donors (Lipinski definition) is 2. The van der Waals surface area contributed by atoms with Gasteiger partial charge in [-0.05, 0) is 19.3 Å². The van der Waals surface area contributed by atoms with Crippen LogP contribution in [0.5, 0.6) is 0 Å². The van der Waals surface area contributed by atoms with Gasteiger partial charge in [0.05, 0.1) is 5.92 Å². The van der Waals surface area contributed by atoms with Crippen LogP contribution in [0.3, 0.4) is 0 Å². The van der Waals surface area contributed by atoms with E-state index in [4.69, 9.17) is 5.11 Å². The van der Waals surface area contributed by atoms with Crippen LogP contribution in [0.25, 0.3) is 0 Å². The molecule has 1 rings (SSSR count). The number of hydrogen-bond acceptors (Lipinski definition) is 2. The minimum Gasteiger partial charge on any atom is -0.481 e. The smallest absolute Gasteiger partial charge is 0.308 e. The number of aliphatic carboxylic acids is 1. The summed E-state index contributed by atoms with van der Waals surface area (Å²) in [6.45, 7) is 2.07. The lowest BCUT2D eigenvalue weighted by Gasteiger charge is -2.10. The van der Waals surface area contributed by atoms with Gasteiger partial charge in [0.1, 0.15) is 0 Å². The van der Waals surface area contributed by atoms with Crippen molar-refractivity contribution in [3.05, 3.63) is 0 Å². The summed E-state index contributed by atoms with van der Waals surface area (Å²) in [6.07, 6.45) is 2.46. The lowest BCUT2D eigenvalue weighted by atomic mass is 10.1. The van der Waals surface area contributed by atoms with Gasteiger partial charge in [0.2, 0.25) is 5.91 Å².